The van der Waals surface area contributed by atoms with E-state index >= 15 is 0 Å². The normalized spacial score (nSPS) is 20.1. The summed E-state index contributed by atoms with van der Waals surface area (Å²) in [6.45, 7) is 5.20. The number of nitrogens with zero attached hydrogens (tertiary/aromatic N) is 3. The third kappa shape index (κ3) is 2.06. The fourth-order valence-corrected chi connectivity index (χ4v) is 2.96. The van der Waals surface area contributed by atoms with Crippen molar-refractivity contribution in [2.24, 2.45) is 0 Å². The van der Waals surface area contributed by atoms with E-state index in [0.717, 1.165) is 48.2 Å². The summed E-state index contributed by atoms with van der Waals surface area (Å²) in [7, 11) is 0. The van der Waals surface area contributed by atoms with Crippen molar-refractivity contribution in [3.8, 4) is 22.9 Å². The maximum atomic E-state index is 5.65. The summed E-state index contributed by atoms with van der Waals surface area (Å²) in [5.41, 5.74) is 1.02. The molecule has 2 aromatic rings. The monoisotopic (exact) mass is 286 g/mol. The van der Waals surface area contributed by atoms with Gasteiger partial charge in [-0.05, 0) is 24.6 Å². The first-order valence-corrected chi connectivity index (χ1v) is 7.43. The van der Waals surface area contributed by atoms with Crippen LogP contribution in [0.3, 0.4) is 0 Å². The van der Waals surface area contributed by atoms with Crippen LogP contribution < -0.4 is 14.8 Å². The first kappa shape index (κ1) is 12.6. The lowest BCUT2D eigenvalue weighted by molar-refractivity contribution is 0.171. The first-order valence-electron chi connectivity index (χ1n) is 7.43. The molecule has 0 spiro atoms. The van der Waals surface area contributed by atoms with E-state index in [1.54, 1.807) is 0 Å². The predicted octanol–water partition coefficient (Wildman–Crippen LogP) is 1.77. The third-order valence-corrected chi connectivity index (χ3v) is 4.03. The topological polar surface area (TPSA) is 61.2 Å². The van der Waals surface area contributed by atoms with Crippen molar-refractivity contribution in [1.82, 2.24) is 20.1 Å². The van der Waals surface area contributed by atoms with E-state index in [0.29, 0.717) is 13.2 Å². The smallest absolute Gasteiger partial charge is 0.164 e. The molecule has 0 amide bonds. The van der Waals surface area contributed by atoms with E-state index in [4.69, 9.17) is 9.47 Å². The number of hydrogen-bond acceptors (Lipinski definition) is 5. The molecule has 1 atom stereocenters. The van der Waals surface area contributed by atoms with Crippen LogP contribution in [0.15, 0.2) is 18.2 Å². The highest BCUT2D eigenvalue weighted by Gasteiger charge is 2.24. The van der Waals surface area contributed by atoms with Crippen LogP contribution in [0.2, 0.25) is 0 Å². The molecule has 6 nitrogen and oxygen atoms in total. The number of aromatic nitrogens is 3. The number of rotatable bonds is 2. The molecule has 0 bridgehead atoms. The van der Waals surface area contributed by atoms with E-state index in [2.05, 4.69) is 27.0 Å². The van der Waals surface area contributed by atoms with Gasteiger partial charge in [0.1, 0.15) is 13.2 Å². The molecule has 21 heavy (non-hydrogen) atoms. The van der Waals surface area contributed by atoms with Crippen LogP contribution in [0.5, 0.6) is 11.5 Å². The molecule has 6 heteroatoms. The van der Waals surface area contributed by atoms with Crippen molar-refractivity contribution in [3.63, 3.8) is 0 Å². The van der Waals surface area contributed by atoms with Gasteiger partial charge in [0.15, 0.2) is 23.1 Å². The highest BCUT2D eigenvalue weighted by atomic mass is 16.6. The molecule has 110 valence electrons. The van der Waals surface area contributed by atoms with Gasteiger partial charge in [0.2, 0.25) is 0 Å². The average molecular weight is 286 g/mol. The van der Waals surface area contributed by atoms with E-state index in [1.807, 2.05) is 18.2 Å². The van der Waals surface area contributed by atoms with Crippen LogP contribution in [-0.2, 0) is 6.54 Å². The van der Waals surface area contributed by atoms with Crippen LogP contribution >= 0.6 is 0 Å². The molecular formula is C15H18N4O2. The number of ether oxygens (including phenoxy) is 2. The van der Waals surface area contributed by atoms with E-state index < -0.39 is 0 Å². The van der Waals surface area contributed by atoms with Crippen molar-refractivity contribution < 1.29 is 9.47 Å². The molecular weight excluding hydrogens is 268 g/mol. The summed E-state index contributed by atoms with van der Waals surface area (Å²) in [6.07, 6.45) is 1.01. The van der Waals surface area contributed by atoms with Crippen molar-refractivity contribution >= 4 is 0 Å². The SMILES string of the molecule is CCC1NCCn2c(-c3ccc4c(c3)OCCO4)nnc21. The number of nitrogens with one attached hydrogen (secondary N) is 1. The summed E-state index contributed by atoms with van der Waals surface area (Å²) < 4.78 is 13.4. The van der Waals surface area contributed by atoms with Crippen molar-refractivity contribution in [2.75, 3.05) is 19.8 Å². The fourth-order valence-electron chi connectivity index (χ4n) is 2.96. The summed E-state index contributed by atoms with van der Waals surface area (Å²) >= 11 is 0. The summed E-state index contributed by atoms with van der Waals surface area (Å²) in [5, 5.41) is 12.2. The standard InChI is InChI=1S/C15H18N4O2/c1-2-11-15-18-17-14(19(15)6-5-16-11)10-3-4-12-13(9-10)21-8-7-20-12/h3-4,9,11,16H,2,5-8H2,1H3. The molecule has 0 aliphatic carbocycles. The average Bonchev–Trinajstić information content (AvgIpc) is 2.98. The Kier molecular flexibility index (Phi) is 3.03. The highest BCUT2D eigenvalue weighted by molar-refractivity contribution is 5.62. The molecule has 3 heterocycles. The molecule has 4 rings (SSSR count). The lowest BCUT2D eigenvalue weighted by Gasteiger charge is -2.24. The van der Waals surface area contributed by atoms with Crippen molar-refractivity contribution in [3.05, 3.63) is 24.0 Å². The summed E-state index contributed by atoms with van der Waals surface area (Å²) in [5.74, 6) is 3.52. The van der Waals surface area contributed by atoms with Crippen LogP contribution in [0, 0.1) is 0 Å². The second kappa shape index (κ2) is 5.04. The molecule has 0 radical (unpaired) electrons. The van der Waals surface area contributed by atoms with E-state index in [-0.39, 0.29) is 6.04 Å². The summed E-state index contributed by atoms with van der Waals surface area (Å²) in [6, 6.07) is 6.25. The fraction of sp³-hybridized carbons (Fsp3) is 0.467. The highest BCUT2D eigenvalue weighted by Crippen LogP contribution is 2.34. The minimum absolute atomic E-state index is 0.289. The molecule has 1 N–H and O–H groups in total. The zero-order valence-electron chi connectivity index (χ0n) is 12.0. The maximum absolute atomic E-state index is 5.65. The summed E-state index contributed by atoms with van der Waals surface area (Å²) in [4.78, 5) is 0. The Labute approximate surface area is 123 Å². The van der Waals surface area contributed by atoms with Crippen molar-refractivity contribution in [2.45, 2.75) is 25.9 Å². The van der Waals surface area contributed by atoms with Gasteiger partial charge in [-0.2, -0.15) is 0 Å². The molecule has 1 aromatic carbocycles. The number of fused-ring (bicyclic) bond motifs is 2. The van der Waals surface area contributed by atoms with Crippen LogP contribution in [0.25, 0.3) is 11.4 Å². The number of benzene rings is 1. The molecule has 0 fully saturated rings. The molecule has 1 aromatic heterocycles. The van der Waals surface area contributed by atoms with Gasteiger partial charge in [-0.1, -0.05) is 6.92 Å². The Morgan fingerprint density at radius 2 is 2.10 bits per heavy atom. The van der Waals surface area contributed by atoms with Gasteiger partial charge in [-0.15, -0.1) is 10.2 Å². The zero-order chi connectivity index (χ0) is 14.2. The van der Waals surface area contributed by atoms with Gasteiger partial charge in [0.25, 0.3) is 0 Å². The first-order chi connectivity index (χ1) is 10.4. The van der Waals surface area contributed by atoms with Gasteiger partial charge >= 0.3 is 0 Å². The second-order valence-corrected chi connectivity index (χ2v) is 5.31. The predicted molar refractivity (Wildman–Crippen MR) is 77.5 cm³/mol. The number of hydrogen-bond donors (Lipinski definition) is 1. The zero-order valence-corrected chi connectivity index (χ0v) is 12.0. The van der Waals surface area contributed by atoms with Gasteiger partial charge in [0.05, 0.1) is 6.04 Å². The Morgan fingerprint density at radius 3 is 2.95 bits per heavy atom. The lowest BCUT2D eigenvalue weighted by Crippen LogP contribution is -2.33. The Morgan fingerprint density at radius 1 is 1.24 bits per heavy atom. The van der Waals surface area contributed by atoms with Crippen LogP contribution in [0.1, 0.15) is 25.2 Å². The molecule has 0 saturated carbocycles. The molecule has 2 aliphatic heterocycles. The van der Waals surface area contributed by atoms with Gasteiger partial charge in [-0.3, -0.25) is 0 Å². The van der Waals surface area contributed by atoms with Crippen LogP contribution in [0.4, 0.5) is 0 Å². The third-order valence-electron chi connectivity index (χ3n) is 4.03. The van der Waals surface area contributed by atoms with E-state index in [1.165, 1.54) is 0 Å². The van der Waals surface area contributed by atoms with E-state index in [9.17, 15) is 0 Å². The van der Waals surface area contributed by atoms with Crippen LogP contribution in [-0.4, -0.2) is 34.5 Å². The minimum Gasteiger partial charge on any atom is -0.486 e. The Balaban J connectivity index is 1.76. The quantitative estimate of drug-likeness (QED) is 0.911. The minimum atomic E-state index is 0.289. The lowest BCUT2D eigenvalue weighted by atomic mass is 10.1. The van der Waals surface area contributed by atoms with Crippen molar-refractivity contribution in [1.29, 1.82) is 0 Å². The largest absolute Gasteiger partial charge is 0.486 e. The second-order valence-electron chi connectivity index (χ2n) is 5.31. The molecule has 2 aliphatic rings. The van der Waals surface area contributed by atoms with Gasteiger partial charge in [-0.25, -0.2) is 0 Å². The Bertz CT molecular complexity index is 668. The Hall–Kier alpha value is -2.08. The van der Waals surface area contributed by atoms with Gasteiger partial charge < -0.3 is 19.4 Å². The van der Waals surface area contributed by atoms with Gasteiger partial charge in [0, 0.05) is 18.7 Å². The molecule has 0 saturated heterocycles. The molecule has 1 unspecified atom stereocenters. The maximum Gasteiger partial charge on any atom is 0.164 e.